The molecule has 12 heteroatoms. The lowest BCUT2D eigenvalue weighted by atomic mass is 10.0. The molecular weight excluding hydrogens is 552 g/mol. The van der Waals surface area contributed by atoms with E-state index in [9.17, 15) is 44.7 Å². The molecule has 0 bridgehead atoms. The summed E-state index contributed by atoms with van der Waals surface area (Å²) in [6, 6.07) is 8.11. The average Bonchev–Trinajstić information content (AvgIpc) is 2.90. The van der Waals surface area contributed by atoms with Gasteiger partial charge in [0.15, 0.2) is 58.0 Å². The molecule has 0 atom stereocenters. The second-order valence-corrected chi connectivity index (χ2v) is 8.36. The van der Waals surface area contributed by atoms with Crippen LogP contribution in [0, 0.1) is 46.5 Å². The third-order valence-corrected chi connectivity index (χ3v) is 5.79. The highest BCUT2D eigenvalue weighted by molar-refractivity contribution is 6.09. The van der Waals surface area contributed by atoms with Gasteiger partial charge in [-0.05, 0) is 70.1 Å². The van der Waals surface area contributed by atoms with Gasteiger partial charge in [0.25, 0.3) is 0 Å². The van der Waals surface area contributed by atoms with Gasteiger partial charge in [0.1, 0.15) is 0 Å². The van der Waals surface area contributed by atoms with Crippen LogP contribution in [0.5, 0.6) is 11.5 Å². The minimum atomic E-state index is -1.82. The van der Waals surface area contributed by atoms with Gasteiger partial charge in [-0.3, -0.25) is 0 Å². The first-order valence-corrected chi connectivity index (χ1v) is 11.0. The molecule has 0 aliphatic heterocycles. The molecule has 0 saturated heterocycles. The lowest BCUT2D eigenvalue weighted by Gasteiger charge is -2.12. The minimum Gasteiger partial charge on any atom is -0.420 e. The largest absolute Gasteiger partial charge is 0.420 e. The van der Waals surface area contributed by atoms with E-state index in [1.807, 2.05) is 0 Å². The summed E-state index contributed by atoms with van der Waals surface area (Å²) in [6.07, 6.45) is 0. The molecule has 0 fully saturated rings. The fourth-order valence-corrected chi connectivity index (χ4v) is 3.88. The highest BCUT2D eigenvalue weighted by atomic mass is 19.2. The van der Waals surface area contributed by atoms with Gasteiger partial charge < -0.3 is 9.47 Å². The van der Waals surface area contributed by atoms with Gasteiger partial charge in [-0.15, -0.1) is 0 Å². The average molecular weight is 562 g/mol. The van der Waals surface area contributed by atoms with Crippen LogP contribution in [0.2, 0.25) is 0 Å². The second-order valence-electron chi connectivity index (χ2n) is 8.36. The van der Waals surface area contributed by atoms with Gasteiger partial charge in [0.05, 0.1) is 11.1 Å². The Kier molecular flexibility index (Phi) is 6.62. The van der Waals surface area contributed by atoms with Crippen molar-refractivity contribution in [3.63, 3.8) is 0 Å². The van der Waals surface area contributed by atoms with Crippen LogP contribution in [0.1, 0.15) is 20.7 Å². The van der Waals surface area contributed by atoms with E-state index in [1.165, 1.54) is 12.1 Å². The zero-order chi connectivity index (χ0) is 28.9. The first kappa shape index (κ1) is 26.6. The van der Waals surface area contributed by atoms with E-state index in [2.05, 4.69) is 0 Å². The second kappa shape index (κ2) is 9.95. The van der Waals surface area contributed by atoms with Crippen molar-refractivity contribution >= 4 is 33.5 Å². The summed E-state index contributed by atoms with van der Waals surface area (Å²) in [6.45, 7) is 0. The standard InChI is InChI=1S/C28H10F8O4/c29-17-3-11-1-2-12-4-18(30)24(40-28(38)14-7-21(33)26(36)22(34)8-14)10-16(12)15(11)9-23(17)39-27(37)13-5-19(31)25(35)20(32)6-13/h1-10H. The molecule has 4 nitrogen and oxygen atoms in total. The van der Waals surface area contributed by atoms with Gasteiger partial charge in [-0.2, -0.15) is 0 Å². The zero-order valence-electron chi connectivity index (χ0n) is 19.4. The molecule has 0 aliphatic rings. The summed E-state index contributed by atoms with van der Waals surface area (Å²) in [7, 11) is 0. The third kappa shape index (κ3) is 4.79. The van der Waals surface area contributed by atoms with Crippen LogP contribution in [0.4, 0.5) is 35.1 Å². The lowest BCUT2D eigenvalue weighted by Crippen LogP contribution is -2.11. The van der Waals surface area contributed by atoms with E-state index >= 15 is 0 Å². The van der Waals surface area contributed by atoms with Gasteiger partial charge in [-0.1, -0.05) is 12.1 Å². The van der Waals surface area contributed by atoms with Crippen LogP contribution in [0.15, 0.2) is 60.7 Å². The Hall–Kier alpha value is -5.00. The van der Waals surface area contributed by atoms with E-state index in [4.69, 9.17) is 9.47 Å². The fourth-order valence-electron chi connectivity index (χ4n) is 3.88. The van der Waals surface area contributed by atoms with Crippen LogP contribution in [-0.2, 0) is 0 Å². The quantitative estimate of drug-likeness (QED) is 0.0747. The van der Waals surface area contributed by atoms with Crippen molar-refractivity contribution in [1.29, 1.82) is 0 Å². The summed E-state index contributed by atoms with van der Waals surface area (Å²) in [5.74, 6) is -16.7. The van der Waals surface area contributed by atoms with Crippen molar-refractivity contribution in [2.24, 2.45) is 0 Å². The fraction of sp³-hybridized carbons (Fsp3) is 0. The van der Waals surface area contributed by atoms with Crippen molar-refractivity contribution < 1.29 is 54.2 Å². The van der Waals surface area contributed by atoms with Crippen LogP contribution in [0.3, 0.4) is 0 Å². The summed E-state index contributed by atoms with van der Waals surface area (Å²) >= 11 is 0. The molecule has 0 saturated carbocycles. The molecule has 0 aromatic heterocycles. The smallest absolute Gasteiger partial charge is 0.343 e. The summed E-state index contributed by atoms with van der Waals surface area (Å²) in [5, 5.41) is 0.675. The molecule has 0 N–H and O–H groups in total. The molecule has 5 aromatic carbocycles. The monoisotopic (exact) mass is 562 g/mol. The molecule has 0 aliphatic carbocycles. The van der Waals surface area contributed by atoms with Crippen LogP contribution in [0.25, 0.3) is 21.5 Å². The number of carbonyl (C=O) groups excluding carboxylic acids is 2. The molecule has 202 valence electrons. The van der Waals surface area contributed by atoms with Crippen molar-refractivity contribution in [1.82, 2.24) is 0 Å². The van der Waals surface area contributed by atoms with Crippen molar-refractivity contribution in [3.8, 4) is 11.5 Å². The van der Waals surface area contributed by atoms with Gasteiger partial charge in [-0.25, -0.2) is 44.7 Å². The Balaban J connectivity index is 1.54. The topological polar surface area (TPSA) is 52.6 Å². The summed E-state index contributed by atoms with van der Waals surface area (Å²) < 4.78 is 120. The highest BCUT2D eigenvalue weighted by Crippen LogP contribution is 2.35. The van der Waals surface area contributed by atoms with Crippen LogP contribution in [-0.4, -0.2) is 11.9 Å². The van der Waals surface area contributed by atoms with Gasteiger partial charge in [0, 0.05) is 0 Å². The number of benzene rings is 5. The van der Waals surface area contributed by atoms with Crippen LogP contribution < -0.4 is 9.47 Å². The van der Waals surface area contributed by atoms with E-state index in [1.54, 1.807) is 0 Å². The van der Waals surface area contributed by atoms with Crippen molar-refractivity contribution in [2.45, 2.75) is 0 Å². The van der Waals surface area contributed by atoms with E-state index in [0.29, 0.717) is 24.3 Å². The number of rotatable bonds is 4. The molecule has 0 amide bonds. The van der Waals surface area contributed by atoms with Crippen molar-refractivity contribution in [2.75, 3.05) is 0 Å². The lowest BCUT2D eigenvalue weighted by molar-refractivity contribution is 0.0717. The Labute approximate surface area is 218 Å². The number of halogens is 8. The maximum Gasteiger partial charge on any atom is 0.343 e. The normalized spacial score (nSPS) is 11.2. The number of esters is 2. The van der Waals surface area contributed by atoms with E-state index < -0.39 is 81.1 Å². The molecule has 5 aromatic rings. The first-order chi connectivity index (χ1) is 18.9. The van der Waals surface area contributed by atoms with Gasteiger partial charge >= 0.3 is 11.9 Å². The van der Waals surface area contributed by atoms with E-state index in [0.717, 1.165) is 24.3 Å². The highest BCUT2D eigenvalue weighted by Gasteiger charge is 2.21. The first-order valence-electron chi connectivity index (χ1n) is 11.0. The SMILES string of the molecule is O=C(Oc1cc2c(ccc3cc(F)c(OC(=O)c4cc(F)c(F)c(F)c4)cc32)cc1F)c1cc(F)c(F)c(F)c1. The third-order valence-electron chi connectivity index (χ3n) is 5.79. The summed E-state index contributed by atoms with van der Waals surface area (Å²) in [5.41, 5.74) is -1.50. The molecule has 5 rings (SSSR count). The maximum absolute atomic E-state index is 14.7. The van der Waals surface area contributed by atoms with Crippen LogP contribution >= 0.6 is 0 Å². The number of ether oxygens (including phenoxy) is 2. The number of carbonyl (C=O) groups is 2. The maximum atomic E-state index is 14.7. The predicted molar refractivity (Wildman–Crippen MR) is 124 cm³/mol. The Bertz CT molecular complexity index is 1700. The molecule has 0 heterocycles. The van der Waals surface area contributed by atoms with Crippen molar-refractivity contribution in [3.05, 3.63) is 118 Å². The minimum absolute atomic E-state index is 0.134. The Morgan fingerprint density at radius 1 is 0.450 bits per heavy atom. The Morgan fingerprint density at radius 3 is 1.10 bits per heavy atom. The summed E-state index contributed by atoms with van der Waals surface area (Å²) in [4.78, 5) is 24.8. The predicted octanol–water partition coefficient (Wildman–Crippen LogP) is 7.54. The molecule has 0 spiro atoms. The van der Waals surface area contributed by atoms with E-state index in [-0.39, 0.29) is 21.5 Å². The van der Waals surface area contributed by atoms with Gasteiger partial charge in [0.2, 0.25) is 0 Å². The number of hydrogen-bond donors (Lipinski definition) is 0. The number of hydrogen-bond acceptors (Lipinski definition) is 4. The molecule has 0 unspecified atom stereocenters. The molecule has 0 radical (unpaired) electrons. The zero-order valence-corrected chi connectivity index (χ0v) is 19.4. The molecule has 40 heavy (non-hydrogen) atoms. The molecular formula is C28H10F8O4. The Morgan fingerprint density at radius 2 is 0.775 bits per heavy atom. The number of fused-ring (bicyclic) bond motifs is 3.